The Morgan fingerprint density at radius 1 is 1.09 bits per heavy atom. The molecule has 32 heavy (non-hydrogen) atoms. The van der Waals surface area contributed by atoms with Gasteiger partial charge in [-0.2, -0.15) is 13.2 Å². The summed E-state index contributed by atoms with van der Waals surface area (Å²) in [7, 11) is 2.09. The molecule has 1 aromatic heterocycles. The van der Waals surface area contributed by atoms with E-state index in [4.69, 9.17) is 0 Å². The van der Waals surface area contributed by atoms with Crippen molar-refractivity contribution >= 4 is 27.8 Å². The Kier molecular flexibility index (Phi) is 7.04. The Morgan fingerprint density at radius 2 is 1.81 bits per heavy atom. The molecule has 2 aromatic rings. The molecule has 176 valence electrons. The molecule has 0 spiro atoms. The number of benzene rings is 1. The largest absolute Gasteiger partial charge is 0.418 e. The van der Waals surface area contributed by atoms with Crippen molar-refractivity contribution in [2.75, 3.05) is 38.1 Å². The van der Waals surface area contributed by atoms with Crippen LogP contribution >= 0.6 is 0 Å². The van der Waals surface area contributed by atoms with Crippen molar-refractivity contribution in [1.82, 2.24) is 19.3 Å². The van der Waals surface area contributed by atoms with E-state index in [0.29, 0.717) is 17.8 Å². The van der Waals surface area contributed by atoms with Crippen LogP contribution in [0.3, 0.4) is 0 Å². The average molecular weight is 470 g/mol. The summed E-state index contributed by atoms with van der Waals surface area (Å²) in [5.74, 6) is 0.301. The Labute approximate surface area is 189 Å². The van der Waals surface area contributed by atoms with E-state index in [0.717, 1.165) is 50.7 Å². The molecule has 2 N–H and O–H groups in total. The maximum Gasteiger partial charge on any atom is 0.418 e. The lowest BCUT2D eigenvalue weighted by Crippen LogP contribution is -2.52. The van der Waals surface area contributed by atoms with E-state index in [2.05, 4.69) is 38.2 Å². The number of fused-ring (bicyclic) bond motifs is 1. The molecule has 2 aliphatic rings. The zero-order valence-electron chi connectivity index (χ0n) is 18.4. The fraction of sp³-hybridized carbons (Fsp3) is 0.591. The lowest BCUT2D eigenvalue weighted by molar-refractivity contribution is -0.136. The van der Waals surface area contributed by atoms with Gasteiger partial charge in [-0.05, 0) is 69.6 Å². The second kappa shape index (κ2) is 9.62. The summed E-state index contributed by atoms with van der Waals surface area (Å²) in [6.07, 6.45) is -0.291. The molecule has 3 unspecified atom stereocenters. The van der Waals surface area contributed by atoms with E-state index >= 15 is 0 Å². The van der Waals surface area contributed by atoms with Gasteiger partial charge in [-0.1, -0.05) is 6.92 Å². The maximum atomic E-state index is 13.5. The molecule has 0 bridgehead atoms. The number of alkyl halides is 3. The van der Waals surface area contributed by atoms with Crippen LogP contribution in [0.4, 0.5) is 18.9 Å². The first-order valence-electron chi connectivity index (χ1n) is 11.0. The number of aromatic nitrogens is 1. The summed E-state index contributed by atoms with van der Waals surface area (Å²) in [6, 6.07) is 6.19. The molecule has 0 saturated carbocycles. The van der Waals surface area contributed by atoms with E-state index in [-0.39, 0.29) is 17.6 Å². The van der Waals surface area contributed by atoms with Gasteiger partial charge in [0.25, 0.3) is 0 Å². The molecule has 0 radical (unpaired) electrons. The van der Waals surface area contributed by atoms with Gasteiger partial charge in [-0.25, -0.2) is 13.7 Å². The second-order valence-electron chi connectivity index (χ2n) is 9.05. The molecule has 1 aromatic carbocycles. The van der Waals surface area contributed by atoms with E-state index in [1.54, 1.807) is 12.1 Å². The third kappa shape index (κ3) is 5.41. The minimum atomic E-state index is -4.46. The van der Waals surface area contributed by atoms with Crippen LogP contribution in [0.15, 0.2) is 30.5 Å². The molecular formula is C22H30F3N5OS. The summed E-state index contributed by atoms with van der Waals surface area (Å²) in [5, 5.41) is 0.487. The predicted octanol–water partition coefficient (Wildman–Crippen LogP) is 3.32. The highest BCUT2D eigenvalue weighted by Gasteiger charge is 2.35. The van der Waals surface area contributed by atoms with Gasteiger partial charge in [0, 0.05) is 42.4 Å². The van der Waals surface area contributed by atoms with Gasteiger partial charge in [-0.3, -0.25) is 4.98 Å². The van der Waals surface area contributed by atoms with E-state index < -0.39 is 22.9 Å². The maximum absolute atomic E-state index is 13.5. The molecule has 6 nitrogen and oxygen atoms in total. The Hall–Kier alpha value is -1.75. The van der Waals surface area contributed by atoms with Gasteiger partial charge < -0.3 is 9.80 Å². The molecule has 4 rings (SSSR count). The first-order chi connectivity index (χ1) is 15.2. The topological polar surface area (TPSA) is 60.5 Å². The van der Waals surface area contributed by atoms with Crippen molar-refractivity contribution in [1.29, 1.82) is 0 Å². The lowest BCUT2D eigenvalue weighted by Gasteiger charge is -2.39. The number of halogens is 3. The molecule has 10 heteroatoms. The monoisotopic (exact) mass is 469 g/mol. The van der Waals surface area contributed by atoms with Crippen LogP contribution in [0.25, 0.3) is 10.9 Å². The van der Waals surface area contributed by atoms with Crippen molar-refractivity contribution in [2.24, 2.45) is 5.92 Å². The number of nitrogens with zero attached hydrogens (tertiary/aromatic N) is 3. The van der Waals surface area contributed by atoms with Crippen molar-refractivity contribution in [3.63, 3.8) is 0 Å². The standard InChI is InChI=1S/C22H30F3N5OS/c1-15-12-17(28-32(31)27-16-7-10-29(2)11-8-16)14-30(13-15)20-6-5-19(22(23,24)25)21-18(20)4-3-9-26-21/h3-6,9,15-17,27-28H,7-8,10-14H2,1-2H3. The molecule has 2 saturated heterocycles. The van der Waals surface area contributed by atoms with Crippen molar-refractivity contribution < 1.29 is 17.4 Å². The minimum absolute atomic E-state index is 0.0345. The smallest absolute Gasteiger partial charge is 0.369 e. The lowest BCUT2D eigenvalue weighted by atomic mass is 9.95. The van der Waals surface area contributed by atoms with Crippen LogP contribution < -0.4 is 14.3 Å². The number of rotatable bonds is 5. The highest BCUT2D eigenvalue weighted by molar-refractivity contribution is 7.81. The summed E-state index contributed by atoms with van der Waals surface area (Å²) in [4.78, 5) is 8.38. The normalized spacial score (nSPS) is 24.7. The van der Waals surface area contributed by atoms with E-state index in [1.165, 1.54) is 12.3 Å². The Balaban J connectivity index is 1.49. The summed E-state index contributed by atoms with van der Waals surface area (Å²) >= 11 is -1.36. The molecule has 0 amide bonds. The summed E-state index contributed by atoms with van der Waals surface area (Å²) < 4.78 is 59.5. The van der Waals surface area contributed by atoms with Crippen LogP contribution in [-0.2, 0) is 17.3 Å². The van der Waals surface area contributed by atoms with Gasteiger partial charge >= 0.3 is 6.18 Å². The quantitative estimate of drug-likeness (QED) is 0.706. The summed E-state index contributed by atoms with van der Waals surface area (Å²) in [6.45, 7) is 5.37. The zero-order chi connectivity index (χ0) is 22.9. The SMILES string of the molecule is CC1CC(NS(=O)NC2CCN(C)CC2)CN(c2ccc(C(F)(F)F)c3ncccc23)C1. The van der Waals surface area contributed by atoms with Gasteiger partial charge in [0.2, 0.25) is 0 Å². The number of hydrogen-bond donors (Lipinski definition) is 2. The Morgan fingerprint density at radius 3 is 2.53 bits per heavy atom. The molecule has 2 aliphatic heterocycles. The number of piperidine rings is 2. The van der Waals surface area contributed by atoms with Crippen LogP contribution in [0.2, 0.25) is 0 Å². The van der Waals surface area contributed by atoms with Crippen LogP contribution in [0, 0.1) is 5.92 Å². The molecule has 2 fully saturated rings. The number of pyridine rings is 1. The molecule has 3 atom stereocenters. The predicted molar refractivity (Wildman–Crippen MR) is 121 cm³/mol. The van der Waals surface area contributed by atoms with Crippen molar-refractivity contribution in [2.45, 2.75) is 44.4 Å². The minimum Gasteiger partial charge on any atom is -0.369 e. The Bertz CT molecular complexity index is 964. The third-order valence-corrected chi connectivity index (χ3v) is 7.41. The zero-order valence-corrected chi connectivity index (χ0v) is 19.2. The van der Waals surface area contributed by atoms with Crippen LogP contribution in [0.1, 0.15) is 31.7 Å². The van der Waals surface area contributed by atoms with Crippen molar-refractivity contribution in [3.8, 4) is 0 Å². The van der Waals surface area contributed by atoms with Crippen molar-refractivity contribution in [3.05, 3.63) is 36.0 Å². The van der Waals surface area contributed by atoms with Gasteiger partial charge in [0.05, 0.1) is 11.1 Å². The molecule has 0 aliphatic carbocycles. The van der Waals surface area contributed by atoms with E-state index in [1.807, 2.05) is 0 Å². The molecule has 3 heterocycles. The number of nitrogens with one attached hydrogen (secondary N) is 2. The van der Waals surface area contributed by atoms with Crippen LogP contribution in [-0.4, -0.2) is 59.4 Å². The fourth-order valence-electron chi connectivity index (χ4n) is 4.76. The van der Waals surface area contributed by atoms with Gasteiger partial charge in [0.1, 0.15) is 0 Å². The average Bonchev–Trinajstić information content (AvgIpc) is 2.73. The number of likely N-dealkylation sites (tertiary alicyclic amines) is 1. The van der Waals surface area contributed by atoms with Gasteiger partial charge in [-0.15, -0.1) is 0 Å². The third-order valence-electron chi connectivity index (χ3n) is 6.32. The number of anilines is 1. The first kappa shape index (κ1) is 23.4. The second-order valence-corrected chi connectivity index (χ2v) is 10.1. The highest BCUT2D eigenvalue weighted by atomic mass is 32.2. The fourth-order valence-corrected chi connectivity index (χ4v) is 5.84. The van der Waals surface area contributed by atoms with E-state index in [9.17, 15) is 17.4 Å². The first-order valence-corrected chi connectivity index (χ1v) is 12.2. The molecular weight excluding hydrogens is 439 g/mol. The van der Waals surface area contributed by atoms with Crippen LogP contribution in [0.5, 0.6) is 0 Å². The van der Waals surface area contributed by atoms with Gasteiger partial charge in [0.15, 0.2) is 11.2 Å². The summed E-state index contributed by atoms with van der Waals surface area (Å²) in [5.41, 5.74) is -0.0266. The highest BCUT2D eigenvalue weighted by Crippen LogP contribution is 2.38. The number of hydrogen-bond acceptors (Lipinski definition) is 4.